The fraction of sp³-hybridized carbons (Fsp3) is 0.467. The normalized spacial score (nSPS) is 20.1. The van der Waals surface area contributed by atoms with E-state index < -0.39 is 0 Å². The maximum atomic E-state index is 5.77. The number of morpholine rings is 1. The number of anilines is 1. The monoisotopic (exact) mass is 272 g/mol. The van der Waals surface area contributed by atoms with Gasteiger partial charge in [-0.3, -0.25) is 9.88 Å². The van der Waals surface area contributed by atoms with Crippen molar-refractivity contribution in [3.8, 4) is 0 Å². The molecule has 1 aliphatic rings. The van der Waals surface area contributed by atoms with Gasteiger partial charge in [0.25, 0.3) is 0 Å². The van der Waals surface area contributed by atoms with Crippen LogP contribution in [-0.2, 0) is 4.74 Å². The van der Waals surface area contributed by atoms with E-state index in [0.29, 0.717) is 0 Å². The standard InChI is InChI=1S/C15H20N4O/c1-2-19-7-8-20-12(11-19)9-17-15-10-16-13-5-3-4-6-14(13)18-15/h3-6,10,12H,2,7-9,11H2,1H3,(H,17,18)/t12-/m1/s1. The van der Waals surface area contributed by atoms with E-state index in [1.165, 1.54) is 0 Å². The zero-order valence-corrected chi connectivity index (χ0v) is 11.7. The van der Waals surface area contributed by atoms with E-state index in [1.807, 2.05) is 24.3 Å². The van der Waals surface area contributed by atoms with E-state index in [9.17, 15) is 0 Å². The molecule has 0 aliphatic carbocycles. The van der Waals surface area contributed by atoms with Gasteiger partial charge < -0.3 is 10.1 Å². The largest absolute Gasteiger partial charge is 0.374 e. The molecule has 1 aromatic carbocycles. The first kappa shape index (κ1) is 13.3. The smallest absolute Gasteiger partial charge is 0.145 e. The van der Waals surface area contributed by atoms with Crippen LogP contribution in [0.5, 0.6) is 0 Å². The molecule has 1 saturated heterocycles. The Morgan fingerprint density at radius 3 is 3.05 bits per heavy atom. The fourth-order valence-corrected chi connectivity index (χ4v) is 2.45. The molecular formula is C15H20N4O. The lowest BCUT2D eigenvalue weighted by Crippen LogP contribution is -2.45. The van der Waals surface area contributed by atoms with Crippen LogP contribution < -0.4 is 5.32 Å². The predicted octanol–water partition coefficient (Wildman–Crippen LogP) is 1.76. The highest BCUT2D eigenvalue weighted by Crippen LogP contribution is 2.12. The summed E-state index contributed by atoms with van der Waals surface area (Å²) in [4.78, 5) is 11.4. The molecular weight excluding hydrogens is 252 g/mol. The maximum absolute atomic E-state index is 5.77. The summed E-state index contributed by atoms with van der Waals surface area (Å²) < 4.78 is 5.77. The van der Waals surface area contributed by atoms with Gasteiger partial charge in [0.15, 0.2) is 0 Å². The Hall–Kier alpha value is -1.72. The third-order valence-electron chi connectivity index (χ3n) is 3.63. The van der Waals surface area contributed by atoms with Gasteiger partial charge in [0, 0.05) is 19.6 Å². The molecule has 1 aromatic heterocycles. The molecule has 0 spiro atoms. The van der Waals surface area contributed by atoms with E-state index in [2.05, 4.69) is 27.1 Å². The Morgan fingerprint density at radius 1 is 1.35 bits per heavy atom. The molecule has 0 unspecified atom stereocenters. The first-order valence-electron chi connectivity index (χ1n) is 7.15. The highest BCUT2D eigenvalue weighted by Gasteiger charge is 2.18. The number of para-hydroxylation sites is 2. The lowest BCUT2D eigenvalue weighted by molar-refractivity contribution is -0.0192. The number of likely N-dealkylation sites (N-methyl/N-ethyl adjacent to an activating group) is 1. The molecule has 5 nitrogen and oxygen atoms in total. The van der Waals surface area contributed by atoms with Crippen molar-refractivity contribution in [3.05, 3.63) is 30.5 Å². The Morgan fingerprint density at radius 2 is 2.20 bits per heavy atom. The van der Waals surface area contributed by atoms with Crippen LogP contribution >= 0.6 is 0 Å². The second-order valence-corrected chi connectivity index (χ2v) is 5.01. The molecule has 3 rings (SSSR count). The summed E-state index contributed by atoms with van der Waals surface area (Å²) in [6.07, 6.45) is 2.00. The minimum atomic E-state index is 0.219. The predicted molar refractivity (Wildman–Crippen MR) is 79.9 cm³/mol. The van der Waals surface area contributed by atoms with Crippen molar-refractivity contribution in [1.29, 1.82) is 0 Å². The van der Waals surface area contributed by atoms with E-state index in [0.717, 1.165) is 49.6 Å². The Labute approximate surface area is 119 Å². The Balaban J connectivity index is 1.61. The number of nitrogens with zero attached hydrogens (tertiary/aromatic N) is 3. The highest BCUT2D eigenvalue weighted by atomic mass is 16.5. The van der Waals surface area contributed by atoms with Crippen molar-refractivity contribution in [2.45, 2.75) is 13.0 Å². The van der Waals surface area contributed by atoms with Crippen molar-refractivity contribution in [3.63, 3.8) is 0 Å². The molecule has 106 valence electrons. The van der Waals surface area contributed by atoms with Crippen molar-refractivity contribution in [1.82, 2.24) is 14.9 Å². The number of fused-ring (bicyclic) bond motifs is 1. The van der Waals surface area contributed by atoms with Gasteiger partial charge in [0.1, 0.15) is 5.82 Å². The van der Waals surface area contributed by atoms with E-state index in [4.69, 9.17) is 4.74 Å². The summed E-state index contributed by atoms with van der Waals surface area (Å²) in [5, 5.41) is 3.33. The van der Waals surface area contributed by atoms with Crippen LogP contribution in [0, 0.1) is 0 Å². The number of hydrogen-bond donors (Lipinski definition) is 1. The average Bonchev–Trinajstić information content (AvgIpc) is 2.53. The quantitative estimate of drug-likeness (QED) is 0.919. The summed E-state index contributed by atoms with van der Waals surface area (Å²) in [5.74, 6) is 0.806. The molecule has 1 aliphatic heterocycles. The number of benzene rings is 1. The molecule has 1 N–H and O–H groups in total. The molecule has 0 saturated carbocycles. The summed E-state index contributed by atoms with van der Waals surface area (Å²) >= 11 is 0. The lowest BCUT2D eigenvalue weighted by Gasteiger charge is -2.32. The number of aromatic nitrogens is 2. The minimum absolute atomic E-state index is 0.219. The molecule has 1 atom stereocenters. The Kier molecular flexibility index (Phi) is 4.08. The molecule has 20 heavy (non-hydrogen) atoms. The van der Waals surface area contributed by atoms with Crippen molar-refractivity contribution >= 4 is 16.9 Å². The molecule has 0 amide bonds. The SMILES string of the molecule is CCN1CCO[C@H](CNc2cnc3ccccc3n2)C1. The van der Waals surface area contributed by atoms with Gasteiger partial charge in [0.05, 0.1) is 29.9 Å². The molecule has 2 aromatic rings. The number of nitrogens with one attached hydrogen (secondary N) is 1. The van der Waals surface area contributed by atoms with Crippen LogP contribution in [-0.4, -0.2) is 53.8 Å². The summed E-state index contributed by atoms with van der Waals surface area (Å²) in [6, 6.07) is 7.89. The molecule has 2 heterocycles. The van der Waals surface area contributed by atoms with Gasteiger partial charge in [-0.05, 0) is 18.7 Å². The van der Waals surface area contributed by atoms with Crippen molar-refractivity contribution < 1.29 is 4.74 Å². The van der Waals surface area contributed by atoms with Crippen LogP contribution in [0.15, 0.2) is 30.5 Å². The second-order valence-electron chi connectivity index (χ2n) is 5.01. The average molecular weight is 272 g/mol. The molecule has 0 bridgehead atoms. The summed E-state index contributed by atoms with van der Waals surface area (Å²) in [6.45, 7) is 6.85. The van der Waals surface area contributed by atoms with Gasteiger partial charge in [-0.2, -0.15) is 0 Å². The second kappa shape index (κ2) is 6.15. The van der Waals surface area contributed by atoms with Crippen LogP contribution in [0.2, 0.25) is 0 Å². The molecule has 1 fully saturated rings. The number of ether oxygens (including phenoxy) is 1. The van der Waals surface area contributed by atoms with Gasteiger partial charge in [0.2, 0.25) is 0 Å². The van der Waals surface area contributed by atoms with Crippen molar-refractivity contribution in [2.24, 2.45) is 0 Å². The van der Waals surface area contributed by atoms with E-state index in [1.54, 1.807) is 6.20 Å². The van der Waals surface area contributed by atoms with Crippen LogP contribution in [0.1, 0.15) is 6.92 Å². The van der Waals surface area contributed by atoms with Gasteiger partial charge >= 0.3 is 0 Å². The summed E-state index contributed by atoms with van der Waals surface area (Å²) in [5.41, 5.74) is 1.83. The molecule has 5 heteroatoms. The van der Waals surface area contributed by atoms with Crippen LogP contribution in [0.3, 0.4) is 0 Å². The first-order chi connectivity index (χ1) is 9.85. The summed E-state index contributed by atoms with van der Waals surface area (Å²) in [7, 11) is 0. The first-order valence-corrected chi connectivity index (χ1v) is 7.15. The fourth-order valence-electron chi connectivity index (χ4n) is 2.45. The number of rotatable bonds is 4. The van der Waals surface area contributed by atoms with Gasteiger partial charge in [-0.25, -0.2) is 4.98 Å². The third kappa shape index (κ3) is 3.05. The minimum Gasteiger partial charge on any atom is -0.374 e. The number of hydrogen-bond acceptors (Lipinski definition) is 5. The zero-order valence-electron chi connectivity index (χ0n) is 11.7. The van der Waals surface area contributed by atoms with E-state index >= 15 is 0 Å². The topological polar surface area (TPSA) is 50.3 Å². The van der Waals surface area contributed by atoms with Gasteiger partial charge in [-0.15, -0.1) is 0 Å². The van der Waals surface area contributed by atoms with Crippen molar-refractivity contribution in [2.75, 3.05) is 38.1 Å². The van der Waals surface area contributed by atoms with Crippen LogP contribution in [0.4, 0.5) is 5.82 Å². The third-order valence-corrected chi connectivity index (χ3v) is 3.63. The highest BCUT2D eigenvalue weighted by molar-refractivity contribution is 5.75. The van der Waals surface area contributed by atoms with E-state index in [-0.39, 0.29) is 6.10 Å². The van der Waals surface area contributed by atoms with Crippen LogP contribution in [0.25, 0.3) is 11.0 Å². The zero-order chi connectivity index (χ0) is 13.8. The molecule has 0 radical (unpaired) electrons. The maximum Gasteiger partial charge on any atom is 0.145 e. The van der Waals surface area contributed by atoms with Gasteiger partial charge in [-0.1, -0.05) is 19.1 Å². The Bertz CT molecular complexity index is 575. The lowest BCUT2D eigenvalue weighted by atomic mass is 10.2.